The molecule has 2 aliphatic carbocycles. The molecule has 2 aliphatic rings. The van der Waals surface area contributed by atoms with Crippen molar-refractivity contribution < 1.29 is 4.79 Å². The van der Waals surface area contributed by atoms with E-state index < -0.39 is 0 Å². The molecule has 1 heterocycles. The van der Waals surface area contributed by atoms with Gasteiger partial charge in [0, 0.05) is 18.8 Å². The summed E-state index contributed by atoms with van der Waals surface area (Å²) in [6.07, 6.45) is 6.59. The lowest BCUT2D eigenvalue weighted by Crippen LogP contribution is -2.35. The van der Waals surface area contributed by atoms with Crippen LogP contribution in [-0.2, 0) is 0 Å². The van der Waals surface area contributed by atoms with Crippen LogP contribution in [0.1, 0.15) is 36.0 Å². The molecule has 0 spiro atoms. The highest BCUT2D eigenvalue weighted by Gasteiger charge is 2.37. The fourth-order valence-electron chi connectivity index (χ4n) is 2.06. The zero-order valence-corrected chi connectivity index (χ0v) is 11.2. The van der Waals surface area contributed by atoms with E-state index in [2.05, 4.69) is 25.8 Å². The first-order valence-electron chi connectivity index (χ1n) is 6.17. The lowest BCUT2D eigenvalue weighted by atomic mass is 10.2. The first-order valence-corrected chi connectivity index (χ1v) is 6.96. The minimum Gasteiger partial charge on any atom is -0.335 e. The normalized spacial score (nSPS) is 19.1. The number of halogens is 1. The SMILES string of the molecule is O=C(c1cccnc1Br)N(CC1CC1)C1CC1. The van der Waals surface area contributed by atoms with Gasteiger partial charge in [-0.1, -0.05) is 0 Å². The molecule has 17 heavy (non-hydrogen) atoms. The molecule has 4 heteroatoms. The summed E-state index contributed by atoms with van der Waals surface area (Å²) in [7, 11) is 0. The highest BCUT2D eigenvalue weighted by Crippen LogP contribution is 2.36. The third-order valence-corrected chi connectivity index (χ3v) is 4.02. The number of hydrogen-bond donors (Lipinski definition) is 0. The summed E-state index contributed by atoms with van der Waals surface area (Å²) in [6.45, 7) is 0.935. The van der Waals surface area contributed by atoms with Crippen molar-refractivity contribution in [2.45, 2.75) is 31.7 Å². The van der Waals surface area contributed by atoms with Gasteiger partial charge in [-0.15, -0.1) is 0 Å². The van der Waals surface area contributed by atoms with Crippen molar-refractivity contribution in [3.8, 4) is 0 Å². The van der Waals surface area contributed by atoms with Crippen molar-refractivity contribution in [1.29, 1.82) is 0 Å². The Labute approximate surface area is 109 Å². The van der Waals surface area contributed by atoms with Gasteiger partial charge in [-0.3, -0.25) is 4.79 Å². The second-order valence-corrected chi connectivity index (χ2v) is 5.72. The monoisotopic (exact) mass is 294 g/mol. The summed E-state index contributed by atoms with van der Waals surface area (Å²) in [6, 6.07) is 4.15. The lowest BCUT2D eigenvalue weighted by molar-refractivity contribution is 0.0733. The molecule has 3 rings (SSSR count). The van der Waals surface area contributed by atoms with Gasteiger partial charge in [-0.25, -0.2) is 4.98 Å². The fraction of sp³-hybridized carbons (Fsp3) is 0.538. The van der Waals surface area contributed by atoms with Gasteiger partial charge in [0.1, 0.15) is 4.60 Å². The molecule has 1 aromatic heterocycles. The van der Waals surface area contributed by atoms with Crippen LogP contribution < -0.4 is 0 Å². The summed E-state index contributed by atoms with van der Waals surface area (Å²) >= 11 is 3.36. The Hall–Kier alpha value is -0.900. The molecule has 3 nitrogen and oxygen atoms in total. The first-order chi connectivity index (χ1) is 8.25. The lowest BCUT2D eigenvalue weighted by Gasteiger charge is -2.22. The largest absolute Gasteiger partial charge is 0.335 e. The van der Waals surface area contributed by atoms with E-state index in [0.29, 0.717) is 16.2 Å². The highest BCUT2D eigenvalue weighted by molar-refractivity contribution is 9.10. The molecular formula is C13H15BrN2O. The van der Waals surface area contributed by atoms with E-state index in [1.165, 1.54) is 12.8 Å². The third-order valence-electron chi connectivity index (χ3n) is 3.39. The third kappa shape index (κ3) is 2.51. The summed E-state index contributed by atoms with van der Waals surface area (Å²) in [5.41, 5.74) is 0.694. The summed E-state index contributed by atoms with van der Waals surface area (Å²) in [5.74, 6) is 0.884. The second-order valence-electron chi connectivity index (χ2n) is 4.97. The Bertz CT molecular complexity index is 441. The van der Waals surface area contributed by atoms with E-state index in [-0.39, 0.29) is 5.91 Å². The van der Waals surface area contributed by atoms with Crippen molar-refractivity contribution in [2.24, 2.45) is 5.92 Å². The van der Waals surface area contributed by atoms with Crippen molar-refractivity contribution >= 4 is 21.8 Å². The van der Waals surface area contributed by atoms with Crippen molar-refractivity contribution in [3.05, 3.63) is 28.5 Å². The molecule has 0 aliphatic heterocycles. The van der Waals surface area contributed by atoms with Crippen LogP contribution in [0.25, 0.3) is 0 Å². The molecule has 2 fully saturated rings. The Morgan fingerprint density at radius 3 is 2.76 bits per heavy atom. The van der Waals surface area contributed by atoms with Crippen LogP contribution in [0.5, 0.6) is 0 Å². The maximum Gasteiger partial charge on any atom is 0.256 e. The van der Waals surface area contributed by atoms with Crippen LogP contribution in [0.4, 0.5) is 0 Å². The van der Waals surface area contributed by atoms with Gasteiger partial charge in [-0.05, 0) is 59.7 Å². The van der Waals surface area contributed by atoms with E-state index in [1.807, 2.05) is 12.1 Å². The average Bonchev–Trinajstić information content (AvgIpc) is 3.17. The summed E-state index contributed by atoms with van der Waals surface area (Å²) < 4.78 is 0.659. The molecular weight excluding hydrogens is 280 g/mol. The van der Waals surface area contributed by atoms with Crippen LogP contribution in [-0.4, -0.2) is 28.4 Å². The van der Waals surface area contributed by atoms with Crippen LogP contribution in [0.2, 0.25) is 0 Å². The van der Waals surface area contributed by atoms with E-state index in [0.717, 1.165) is 25.3 Å². The van der Waals surface area contributed by atoms with Gasteiger partial charge in [0.15, 0.2) is 0 Å². The van der Waals surface area contributed by atoms with E-state index in [4.69, 9.17) is 0 Å². The van der Waals surface area contributed by atoms with E-state index in [9.17, 15) is 4.79 Å². The quantitative estimate of drug-likeness (QED) is 0.800. The molecule has 2 saturated carbocycles. The first kappa shape index (κ1) is 11.2. The van der Waals surface area contributed by atoms with Crippen LogP contribution in [0.3, 0.4) is 0 Å². The van der Waals surface area contributed by atoms with Crippen LogP contribution >= 0.6 is 15.9 Å². The maximum absolute atomic E-state index is 12.5. The minimum absolute atomic E-state index is 0.138. The number of rotatable bonds is 4. The maximum atomic E-state index is 12.5. The van der Waals surface area contributed by atoms with Crippen LogP contribution in [0, 0.1) is 5.92 Å². The number of nitrogens with zero attached hydrogens (tertiary/aromatic N) is 2. The van der Waals surface area contributed by atoms with Crippen LogP contribution in [0.15, 0.2) is 22.9 Å². The molecule has 90 valence electrons. The topological polar surface area (TPSA) is 33.2 Å². The Morgan fingerprint density at radius 1 is 1.41 bits per heavy atom. The molecule has 0 bridgehead atoms. The number of amides is 1. The number of carbonyl (C=O) groups excluding carboxylic acids is 1. The zero-order valence-electron chi connectivity index (χ0n) is 9.60. The molecule has 1 aromatic rings. The van der Waals surface area contributed by atoms with Gasteiger partial charge in [0.25, 0.3) is 5.91 Å². The molecule has 0 aromatic carbocycles. The number of aromatic nitrogens is 1. The summed E-state index contributed by atoms with van der Waals surface area (Å²) in [4.78, 5) is 18.6. The van der Waals surface area contributed by atoms with Crippen molar-refractivity contribution in [3.63, 3.8) is 0 Å². The number of pyridine rings is 1. The van der Waals surface area contributed by atoms with Gasteiger partial charge < -0.3 is 4.90 Å². The second kappa shape index (κ2) is 4.41. The smallest absolute Gasteiger partial charge is 0.256 e. The molecule has 0 N–H and O–H groups in total. The standard InChI is InChI=1S/C13H15BrN2O/c14-12-11(2-1-7-15-12)13(17)16(10-5-6-10)8-9-3-4-9/h1-2,7,9-10H,3-6,8H2. The Balaban J connectivity index is 1.80. The fourth-order valence-corrected chi connectivity index (χ4v) is 2.48. The average molecular weight is 295 g/mol. The highest BCUT2D eigenvalue weighted by atomic mass is 79.9. The predicted molar refractivity (Wildman–Crippen MR) is 68.7 cm³/mol. The summed E-state index contributed by atoms with van der Waals surface area (Å²) in [5, 5.41) is 0. The van der Waals surface area contributed by atoms with Gasteiger partial charge in [-0.2, -0.15) is 0 Å². The zero-order chi connectivity index (χ0) is 11.8. The van der Waals surface area contributed by atoms with Crippen molar-refractivity contribution in [2.75, 3.05) is 6.54 Å². The van der Waals surface area contributed by atoms with Crippen molar-refractivity contribution in [1.82, 2.24) is 9.88 Å². The van der Waals surface area contributed by atoms with E-state index in [1.54, 1.807) is 6.20 Å². The minimum atomic E-state index is 0.138. The molecule has 0 saturated heterocycles. The van der Waals surface area contributed by atoms with Gasteiger partial charge in [0.05, 0.1) is 5.56 Å². The number of carbonyl (C=O) groups is 1. The van der Waals surface area contributed by atoms with Gasteiger partial charge >= 0.3 is 0 Å². The van der Waals surface area contributed by atoms with Gasteiger partial charge in [0.2, 0.25) is 0 Å². The predicted octanol–water partition coefficient (Wildman–Crippen LogP) is 2.86. The number of hydrogen-bond acceptors (Lipinski definition) is 2. The molecule has 0 unspecified atom stereocenters. The molecule has 0 atom stereocenters. The Kier molecular flexibility index (Phi) is 2.90. The molecule has 0 radical (unpaired) electrons. The van der Waals surface area contributed by atoms with E-state index >= 15 is 0 Å². The molecule has 1 amide bonds. The Morgan fingerprint density at radius 2 is 2.18 bits per heavy atom.